The molecule has 1 unspecified atom stereocenters. The molecule has 0 amide bonds. The molecule has 0 N–H and O–H groups in total. The smallest absolute Gasteiger partial charge is 0.230 e. The lowest BCUT2D eigenvalue weighted by atomic mass is 10.1. The monoisotopic (exact) mass is 436 g/mol. The molecule has 0 bridgehead atoms. The molecule has 0 aliphatic heterocycles. The maximum atomic E-state index is 5.49. The summed E-state index contributed by atoms with van der Waals surface area (Å²) in [5.41, 5.74) is 1.32. The Balaban J connectivity index is 1.50. The zero-order valence-corrected chi connectivity index (χ0v) is 15.5. The second-order valence-electron chi connectivity index (χ2n) is 5.81. The molecular formula is C16H14Br2N4O. The third-order valence-electron chi connectivity index (χ3n) is 4.20. The predicted octanol–water partition coefficient (Wildman–Crippen LogP) is 4.67. The molecule has 0 spiro atoms. The van der Waals surface area contributed by atoms with Crippen molar-refractivity contribution < 1.29 is 4.52 Å². The van der Waals surface area contributed by atoms with Crippen LogP contribution in [0.5, 0.6) is 0 Å². The van der Waals surface area contributed by atoms with E-state index in [9.17, 15) is 0 Å². The first-order valence-corrected chi connectivity index (χ1v) is 8.99. The van der Waals surface area contributed by atoms with Crippen LogP contribution in [0.1, 0.15) is 48.5 Å². The van der Waals surface area contributed by atoms with E-state index in [2.05, 4.69) is 71.4 Å². The number of nitrogens with zero attached hydrogens (tertiary/aromatic N) is 4. The van der Waals surface area contributed by atoms with Crippen molar-refractivity contribution in [3.05, 3.63) is 62.9 Å². The third kappa shape index (κ3) is 2.99. The van der Waals surface area contributed by atoms with E-state index in [1.165, 1.54) is 5.56 Å². The van der Waals surface area contributed by atoms with Gasteiger partial charge in [-0.1, -0.05) is 33.2 Å². The largest absolute Gasteiger partial charge is 0.339 e. The van der Waals surface area contributed by atoms with Gasteiger partial charge >= 0.3 is 0 Å². The molecule has 5 nitrogen and oxygen atoms in total. The summed E-state index contributed by atoms with van der Waals surface area (Å²) >= 11 is 6.86. The summed E-state index contributed by atoms with van der Waals surface area (Å²) in [6.45, 7) is 2.01. The molecule has 23 heavy (non-hydrogen) atoms. The second-order valence-corrected chi connectivity index (χ2v) is 7.64. The molecule has 1 aliphatic rings. The Kier molecular flexibility index (Phi) is 3.85. The Bertz CT molecular complexity index is 827. The van der Waals surface area contributed by atoms with E-state index in [0.29, 0.717) is 17.7 Å². The quantitative estimate of drug-likeness (QED) is 0.594. The Morgan fingerprint density at radius 2 is 1.96 bits per heavy atom. The maximum absolute atomic E-state index is 5.49. The molecular weight excluding hydrogens is 424 g/mol. The Hall–Kier alpha value is -1.47. The van der Waals surface area contributed by atoms with Crippen molar-refractivity contribution >= 4 is 31.9 Å². The van der Waals surface area contributed by atoms with Gasteiger partial charge in [0, 0.05) is 16.6 Å². The zero-order valence-electron chi connectivity index (χ0n) is 12.4. The molecule has 1 fully saturated rings. The van der Waals surface area contributed by atoms with Crippen LogP contribution in [-0.2, 0) is 0 Å². The van der Waals surface area contributed by atoms with Gasteiger partial charge in [0.15, 0.2) is 5.82 Å². The van der Waals surface area contributed by atoms with Crippen LogP contribution in [0.3, 0.4) is 0 Å². The molecule has 0 saturated heterocycles. The standard InChI is InChI=1S/C16H14Br2N4O/c1-9(22-8-12(18)7-19-22)15-20-16(23-21-15)14-6-13(14)10-2-4-11(17)5-3-10/h2-5,7-9,13-14H,6H2,1H3/t9?,13-,14+/m0/s1. The van der Waals surface area contributed by atoms with Gasteiger partial charge in [0.1, 0.15) is 6.04 Å². The number of rotatable bonds is 4. The molecule has 2 heterocycles. The average Bonchev–Trinajstić information content (AvgIpc) is 2.98. The van der Waals surface area contributed by atoms with E-state index in [4.69, 9.17) is 4.52 Å². The van der Waals surface area contributed by atoms with E-state index >= 15 is 0 Å². The van der Waals surface area contributed by atoms with Gasteiger partial charge < -0.3 is 4.52 Å². The van der Waals surface area contributed by atoms with E-state index in [-0.39, 0.29) is 6.04 Å². The summed E-state index contributed by atoms with van der Waals surface area (Å²) in [5.74, 6) is 2.20. The Morgan fingerprint density at radius 1 is 1.17 bits per heavy atom. The van der Waals surface area contributed by atoms with Crippen LogP contribution < -0.4 is 0 Å². The second kappa shape index (κ2) is 5.87. The van der Waals surface area contributed by atoms with Gasteiger partial charge in [0.05, 0.1) is 10.7 Å². The fraction of sp³-hybridized carbons (Fsp3) is 0.312. The van der Waals surface area contributed by atoms with E-state index in [0.717, 1.165) is 21.3 Å². The lowest BCUT2D eigenvalue weighted by molar-refractivity contribution is 0.365. The van der Waals surface area contributed by atoms with Crippen molar-refractivity contribution in [2.75, 3.05) is 0 Å². The van der Waals surface area contributed by atoms with E-state index in [1.807, 2.05) is 17.8 Å². The molecule has 3 aromatic rings. The zero-order chi connectivity index (χ0) is 16.0. The van der Waals surface area contributed by atoms with E-state index < -0.39 is 0 Å². The average molecular weight is 438 g/mol. The highest BCUT2D eigenvalue weighted by Crippen LogP contribution is 2.54. The van der Waals surface area contributed by atoms with Gasteiger partial charge in [-0.3, -0.25) is 4.68 Å². The third-order valence-corrected chi connectivity index (χ3v) is 5.14. The Labute approximate surface area is 150 Å². The van der Waals surface area contributed by atoms with Crippen molar-refractivity contribution in [2.24, 2.45) is 0 Å². The maximum Gasteiger partial charge on any atom is 0.230 e. The Morgan fingerprint density at radius 3 is 2.65 bits per heavy atom. The molecule has 7 heteroatoms. The van der Waals surface area contributed by atoms with Crippen LogP contribution in [0.15, 0.2) is 50.1 Å². The number of hydrogen-bond acceptors (Lipinski definition) is 4. The summed E-state index contributed by atoms with van der Waals surface area (Å²) in [6, 6.07) is 8.39. The minimum atomic E-state index is -0.0521. The van der Waals surface area contributed by atoms with Gasteiger partial charge in [-0.05, 0) is 52.9 Å². The van der Waals surface area contributed by atoms with Crippen LogP contribution in [0, 0.1) is 0 Å². The lowest BCUT2D eigenvalue weighted by Gasteiger charge is -2.05. The first kappa shape index (κ1) is 15.1. The van der Waals surface area contributed by atoms with Gasteiger partial charge in [-0.25, -0.2) is 0 Å². The molecule has 1 saturated carbocycles. The molecule has 3 atom stereocenters. The summed E-state index contributed by atoms with van der Waals surface area (Å²) < 4.78 is 9.34. The van der Waals surface area contributed by atoms with Crippen LogP contribution in [0.4, 0.5) is 0 Å². The summed E-state index contributed by atoms with van der Waals surface area (Å²) in [5, 5.41) is 8.41. The SMILES string of the molecule is CC(c1noc([C@@H]2C[C@H]2c2ccc(Br)cc2)n1)n1cc(Br)cn1. The highest BCUT2D eigenvalue weighted by molar-refractivity contribution is 9.10. The fourth-order valence-electron chi connectivity index (χ4n) is 2.76. The van der Waals surface area contributed by atoms with Crippen molar-refractivity contribution in [1.82, 2.24) is 19.9 Å². The fourth-order valence-corrected chi connectivity index (χ4v) is 3.32. The summed E-state index contributed by atoms with van der Waals surface area (Å²) in [7, 11) is 0. The topological polar surface area (TPSA) is 56.7 Å². The molecule has 0 radical (unpaired) electrons. The highest BCUT2D eigenvalue weighted by Gasteiger charge is 2.43. The summed E-state index contributed by atoms with van der Waals surface area (Å²) in [6.07, 6.45) is 4.72. The van der Waals surface area contributed by atoms with Crippen LogP contribution >= 0.6 is 31.9 Å². The lowest BCUT2D eigenvalue weighted by Crippen LogP contribution is -2.08. The molecule has 118 valence electrons. The van der Waals surface area contributed by atoms with Crippen molar-refractivity contribution in [3.63, 3.8) is 0 Å². The van der Waals surface area contributed by atoms with Crippen molar-refractivity contribution in [1.29, 1.82) is 0 Å². The van der Waals surface area contributed by atoms with Crippen LogP contribution in [-0.4, -0.2) is 19.9 Å². The van der Waals surface area contributed by atoms with Gasteiger partial charge in [0.2, 0.25) is 5.89 Å². The van der Waals surface area contributed by atoms with Crippen LogP contribution in [0.2, 0.25) is 0 Å². The van der Waals surface area contributed by atoms with E-state index in [1.54, 1.807) is 6.20 Å². The van der Waals surface area contributed by atoms with Crippen LogP contribution in [0.25, 0.3) is 0 Å². The van der Waals surface area contributed by atoms with Crippen molar-refractivity contribution in [2.45, 2.75) is 31.2 Å². The minimum Gasteiger partial charge on any atom is -0.339 e. The number of halogens is 2. The van der Waals surface area contributed by atoms with Gasteiger partial charge in [0.25, 0.3) is 0 Å². The number of benzene rings is 1. The predicted molar refractivity (Wildman–Crippen MR) is 92.3 cm³/mol. The minimum absolute atomic E-state index is 0.0521. The molecule has 1 aromatic carbocycles. The summed E-state index contributed by atoms with van der Waals surface area (Å²) in [4.78, 5) is 4.59. The number of aromatic nitrogens is 4. The first-order chi connectivity index (χ1) is 11.1. The first-order valence-electron chi connectivity index (χ1n) is 7.40. The molecule has 1 aliphatic carbocycles. The molecule has 4 rings (SSSR count). The normalized spacial score (nSPS) is 21.3. The van der Waals surface area contributed by atoms with Gasteiger partial charge in [-0.2, -0.15) is 10.1 Å². The van der Waals surface area contributed by atoms with Crippen molar-refractivity contribution in [3.8, 4) is 0 Å². The molecule has 2 aromatic heterocycles. The number of hydrogen-bond donors (Lipinski definition) is 0. The highest BCUT2D eigenvalue weighted by atomic mass is 79.9. The van der Waals surface area contributed by atoms with Gasteiger partial charge in [-0.15, -0.1) is 0 Å².